The average Bonchev–Trinajstić information content (AvgIpc) is 2.59. The van der Waals surface area contributed by atoms with E-state index in [0.29, 0.717) is 6.54 Å². The molecule has 1 aliphatic heterocycles. The van der Waals surface area contributed by atoms with E-state index in [4.69, 9.17) is 5.11 Å². The molecule has 6 heteroatoms. The Balaban J connectivity index is 2.39. The van der Waals surface area contributed by atoms with E-state index in [1.54, 1.807) is 4.90 Å². The van der Waals surface area contributed by atoms with Gasteiger partial charge in [0.2, 0.25) is 11.8 Å². The minimum absolute atomic E-state index is 0.0154. The number of carbonyl (C=O) groups is 3. The van der Waals surface area contributed by atoms with Crippen LogP contribution in [-0.2, 0) is 14.4 Å². The summed E-state index contributed by atoms with van der Waals surface area (Å²) in [7, 11) is 0. The van der Waals surface area contributed by atoms with Crippen LogP contribution in [0.2, 0.25) is 0 Å². The quantitative estimate of drug-likeness (QED) is 0.701. The Morgan fingerprint density at radius 2 is 2.18 bits per heavy atom. The number of hydrogen-bond donors (Lipinski definition) is 2. The molecule has 0 radical (unpaired) electrons. The van der Waals surface area contributed by atoms with Gasteiger partial charge in [0.05, 0.1) is 12.3 Å². The molecule has 0 unspecified atom stereocenters. The second-order valence-electron chi connectivity index (χ2n) is 4.48. The molecule has 1 heterocycles. The number of rotatable bonds is 5. The fourth-order valence-corrected chi connectivity index (χ4v) is 1.84. The maximum Gasteiger partial charge on any atom is 0.305 e. The van der Waals surface area contributed by atoms with Gasteiger partial charge < -0.3 is 15.3 Å². The van der Waals surface area contributed by atoms with Crippen molar-refractivity contribution in [3.63, 3.8) is 0 Å². The van der Waals surface area contributed by atoms with Gasteiger partial charge in [-0.25, -0.2) is 0 Å². The second-order valence-corrected chi connectivity index (χ2v) is 4.48. The second kappa shape index (κ2) is 5.65. The van der Waals surface area contributed by atoms with Crippen molar-refractivity contribution in [2.24, 2.45) is 5.92 Å². The van der Waals surface area contributed by atoms with Crippen molar-refractivity contribution in [2.45, 2.75) is 32.7 Å². The van der Waals surface area contributed by atoms with Gasteiger partial charge in [0, 0.05) is 25.6 Å². The highest BCUT2D eigenvalue weighted by Crippen LogP contribution is 2.19. The summed E-state index contributed by atoms with van der Waals surface area (Å²) >= 11 is 0. The molecule has 1 fully saturated rings. The molecule has 1 aliphatic rings. The van der Waals surface area contributed by atoms with Crippen LogP contribution in [0.4, 0.5) is 0 Å². The van der Waals surface area contributed by atoms with Crippen LogP contribution in [0.5, 0.6) is 0 Å². The first-order valence-electron chi connectivity index (χ1n) is 5.70. The standard InChI is InChI=1S/C11H18N2O4/c1-7(2)13-6-8(5-9(13)14)11(17)12-4-3-10(15)16/h7-8H,3-6H2,1-2H3,(H,12,17)(H,15,16)/t8-/m0/s1. The molecule has 2 amide bonds. The van der Waals surface area contributed by atoms with Crippen molar-refractivity contribution in [1.82, 2.24) is 10.2 Å². The van der Waals surface area contributed by atoms with Crippen LogP contribution in [-0.4, -0.2) is 46.9 Å². The highest BCUT2D eigenvalue weighted by Gasteiger charge is 2.35. The third kappa shape index (κ3) is 3.72. The van der Waals surface area contributed by atoms with Gasteiger partial charge in [0.25, 0.3) is 0 Å². The van der Waals surface area contributed by atoms with Crippen molar-refractivity contribution in [3.8, 4) is 0 Å². The van der Waals surface area contributed by atoms with E-state index in [0.717, 1.165) is 0 Å². The predicted octanol–water partition coefficient (Wildman–Crippen LogP) is -0.166. The first-order chi connectivity index (χ1) is 7.91. The first kappa shape index (κ1) is 13.5. The molecule has 1 rings (SSSR count). The number of carboxylic acids is 1. The number of nitrogens with zero attached hydrogens (tertiary/aromatic N) is 1. The summed E-state index contributed by atoms with van der Waals surface area (Å²) in [6.45, 7) is 4.35. The van der Waals surface area contributed by atoms with Crippen molar-refractivity contribution in [1.29, 1.82) is 0 Å². The Kier molecular flexibility index (Phi) is 4.48. The molecule has 0 aliphatic carbocycles. The molecule has 2 N–H and O–H groups in total. The van der Waals surface area contributed by atoms with Gasteiger partial charge >= 0.3 is 5.97 Å². The summed E-state index contributed by atoms with van der Waals surface area (Å²) in [4.78, 5) is 35.2. The lowest BCUT2D eigenvalue weighted by Crippen LogP contribution is -2.36. The lowest BCUT2D eigenvalue weighted by molar-refractivity contribution is -0.137. The van der Waals surface area contributed by atoms with E-state index in [2.05, 4.69) is 5.32 Å². The number of aliphatic carboxylic acids is 1. The highest BCUT2D eigenvalue weighted by atomic mass is 16.4. The fourth-order valence-electron chi connectivity index (χ4n) is 1.84. The normalized spacial score (nSPS) is 19.8. The van der Waals surface area contributed by atoms with Crippen LogP contribution >= 0.6 is 0 Å². The smallest absolute Gasteiger partial charge is 0.305 e. The Morgan fingerprint density at radius 1 is 1.53 bits per heavy atom. The summed E-state index contributed by atoms with van der Waals surface area (Å²) in [5.41, 5.74) is 0. The number of carbonyl (C=O) groups excluding carboxylic acids is 2. The van der Waals surface area contributed by atoms with Crippen molar-refractivity contribution >= 4 is 17.8 Å². The molecule has 0 aromatic heterocycles. The molecule has 1 atom stereocenters. The minimum atomic E-state index is -0.948. The Labute approximate surface area is 100.0 Å². The maximum absolute atomic E-state index is 11.7. The van der Waals surface area contributed by atoms with Gasteiger partial charge in [-0.2, -0.15) is 0 Å². The summed E-state index contributed by atoms with van der Waals surface area (Å²) in [5, 5.41) is 11.0. The fraction of sp³-hybridized carbons (Fsp3) is 0.727. The average molecular weight is 242 g/mol. The van der Waals surface area contributed by atoms with Gasteiger partial charge in [0.1, 0.15) is 0 Å². The summed E-state index contributed by atoms with van der Waals surface area (Å²) in [6, 6.07) is 0.0966. The highest BCUT2D eigenvalue weighted by molar-refractivity contribution is 5.89. The van der Waals surface area contributed by atoms with Gasteiger partial charge in [-0.1, -0.05) is 0 Å². The van der Waals surface area contributed by atoms with Crippen LogP contribution in [0.1, 0.15) is 26.7 Å². The number of nitrogens with one attached hydrogen (secondary N) is 1. The van der Waals surface area contributed by atoms with Gasteiger partial charge in [-0.05, 0) is 13.8 Å². The van der Waals surface area contributed by atoms with Crippen LogP contribution < -0.4 is 5.32 Å². The topological polar surface area (TPSA) is 86.7 Å². The van der Waals surface area contributed by atoms with Crippen molar-refractivity contribution in [3.05, 3.63) is 0 Å². The molecule has 0 spiro atoms. The van der Waals surface area contributed by atoms with E-state index in [-0.39, 0.29) is 43.2 Å². The third-order valence-electron chi connectivity index (χ3n) is 2.79. The number of hydrogen-bond acceptors (Lipinski definition) is 3. The zero-order chi connectivity index (χ0) is 13.0. The zero-order valence-corrected chi connectivity index (χ0v) is 10.1. The summed E-state index contributed by atoms with van der Waals surface area (Å²) in [5.74, 6) is -1.54. The number of likely N-dealkylation sites (tertiary alicyclic amines) is 1. The molecule has 17 heavy (non-hydrogen) atoms. The van der Waals surface area contributed by atoms with Crippen LogP contribution in [0.3, 0.4) is 0 Å². The Morgan fingerprint density at radius 3 is 2.65 bits per heavy atom. The molecule has 96 valence electrons. The van der Waals surface area contributed by atoms with Gasteiger partial charge in [-0.15, -0.1) is 0 Å². The Hall–Kier alpha value is -1.59. The first-order valence-corrected chi connectivity index (χ1v) is 5.70. The molecule has 0 aromatic rings. The van der Waals surface area contributed by atoms with Crippen molar-refractivity contribution < 1.29 is 19.5 Å². The van der Waals surface area contributed by atoms with E-state index in [1.807, 2.05) is 13.8 Å². The molecule has 1 saturated heterocycles. The lowest BCUT2D eigenvalue weighted by Gasteiger charge is -2.20. The minimum Gasteiger partial charge on any atom is -0.481 e. The number of amides is 2. The molecular weight excluding hydrogens is 224 g/mol. The molecular formula is C11H18N2O4. The van der Waals surface area contributed by atoms with Crippen LogP contribution in [0, 0.1) is 5.92 Å². The van der Waals surface area contributed by atoms with E-state index in [1.165, 1.54) is 0 Å². The SMILES string of the molecule is CC(C)N1C[C@@H](C(=O)NCCC(=O)O)CC1=O. The number of carboxylic acid groups (broad SMARTS) is 1. The Bertz CT molecular complexity index is 327. The third-order valence-corrected chi connectivity index (χ3v) is 2.79. The van der Waals surface area contributed by atoms with E-state index < -0.39 is 5.97 Å². The van der Waals surface area contributed by atoms with Gasteiger partial charge in [-0.3, -0.25) is 14.4 Å². The molecule has 0 bridgehead atoms. The van der Waals surface area contributed by atoms with E-state index >= 15 is 0 Å². The van der Waals surface area contributed by atoms with Crippen molar-refractivity contribution in [2.75, 3.05) is 13.1 Å². The van der Waals surface area contributed by atoms with E-state index in [9.17, 15) is 14.4 Å². The maximum atomic E-state index is 11.7. The van der Waals surface area contributed by atoms with Crippen LogP contribution in [0.25, 0.3) is 0 Å². The zero-order valence-electron chi connectivity index (χ0n) is 10.1. The summed E-state index contributed by atoms with van der Waals surface area (Å²) < 4.78 is 0. The monoisotopic (exact) mass is 242 g/mol. The lowest BCUT2D eigenvalue weighted by atomic mass is 10.1. The largest absolute Gasteiger partial charge is 0.481 e. The van der Waals surface area contributed by atoms with Gasteiger partial charge in [0.15, 0.2) is 0 Å². The molecule has 0 aromatic carbocycles. The molecule has 6 nitrogen and oxygen atoms in total. The van der Waals surface area contributed by atoms with Crippen LogP contribution in [0.15, 0.2) is 0 Å². The molecule has 0 saturated carbocycles. The summed E-state index contributed by atoms with van der Waals surface area (Å²) in [6.07, 6.45) is 0.122. The predicted molar refractivity (Wildman–Crippen MR) is 60.2 cm³/mol.